The van der Waals surface area contributed by atoms with E-state index >= 15 is 0 Å². The molecule has 0 saturated heterocycles. The number of hydrogen-bond acceptors (Lipinski definition) is 3. The van der Waals surface area contributed by atoms with Gasteiger partial charge in [-0.25, -0.2) is 0 Å². The Morgan fingerprint density at radius 2 is 1.83 bits per heavy atom. The first kappa shape index (κ1) is 12.5. The molecule has 0 aliphatic heterocycles. The molecule has 0 radical (unpaired) electrons. The second kappa shape index (κ2) is 4.08. The van der Waals surface area contributed by atoms with E-state index in [0.717, 1.165) is 5.69 Å². The summed E-state index contributed by atoms with van der Waals surface area (Å²) in [4.78, 5) is 28.7. The summed E-state index contributed by atoms with van der Waals surface area (Å²) in [6.45, 7) is 3.63. The summed E-state index contributed by atoms with van der Waals surface area (Å²) in [7, 11) is 1.66. The maximum absolute atomic E-state index is 12.3. The van der Waals surface area contributed by atoms with Gasteiger partial charge in [-0.05, 0) is 17.5 Å². The zero-order valence-electron chi connectivity index (χ0n) is 10.6. The van der Waals surface area contributed by atoms with Crippen LogP contribution in [0.5, 0.6) is 0 Å². The Kier molecular flexibility index (Phi) is 2.84. The van der Waals surface area contributed by atoms with Gasteiger partial charge in [-0.1, -0.05) is 13.8 Å². The predicted molar refractivity (Wildman–Crippen MR) is 66.0 cm³/mol. The summed E-state index contributed by atoms with van der Waals surface area (Å²) < 4.78 is 0. The number of hydrogen-bond donors (Lipinski definition) is 1. The van der Waals surface area contributed by atoms with Gasteiger partial charge in [-0.3, -0.25) is 14.6 Å². The lowest BCUT2D eigenvalue weighted by Crippen LogP contribution is -2.29. The van der Waals surface area contributed by atoms with E-state index in [4.69, 9.17) is 5.11 Å². The molecule has 5 nitrogen and oxygen atoms in total. The minimum atomic E-state index is -0.901. The average molecular weight is 248 g/mol. The number of aliphatic carboxylic acids is 1. The van der Waals surface area contributed by atoms with Crippen molar-refractivity contribution < 1.29 is 14.7 Å². The topological polar surface area (TPSA) is 70.5 Å². The van der Waals surface area contributed by atoms with E-state index in [1.54, 1.807) is 31.6 Å². The van der Waals surface area contributed by atoms with Gasteiger partial charge < -0.3 is 10.0 Å². The zero-order chi connectivity index (χ0) is 13.5. The zero-order valence-corrected chi connectivity index (χ0v) is 10.6. The Labute approximate surface area is 105 Å². The minimum Gasteiger partial charge on any atom is -0.481 e. The maximum atomic E-state index is 12.3. The Balaban J connectivity index is 2.17. The lowest BCUT2D eigenvalue weighted by atomic mass is 10.1. The van der Waals surface area contributed by atoms with Crippen LogP contribution in [0.1, 0.15) is 13.8 Å². The highest BCUT2D eigenvalue weighted by molar-refractivity contribution is 6.01. The number of carboxylic acids is 1. The molecule has 5 heteroatoms. The summed E-state index contributed by atoms with van der Waals surface area (Å²) in [5.74, 6) is -2.09. The number of carbonyl (C=O) groups excluding carboxylic acids is 1. The molecule has 2 atom stereocenters. The fourth-order valence-corrected chi connectivity index (χ4v) is 2.46. The van der Waals surface area contributed by atoms with Crippen LogP contribution < -0.4 is 4.90 Å². The smallest absolute Gasteiger partial charge is 0.307 e. The number of nitrogens with zero attached hydrogens (tertiary/aromatic N) is 2. The van der Waals surface area contributed by atoms with Crippen LogP contribution >= 0.6 is 0 Å². The molecule has 1 fully saturated rings. The fourth-order valence-electron chi connectivity index (χ4n) is 2.46. The van der Waals surface area contributed by atoms with E-state index in [0.29, 0.717) is 0 Å². The number of anilines is 1. The van der Waals surface area contributed by atoms with E-state index in [9.17, 15) is 9.59 Å². The molecule has 1 aliphatic rings. The first-order valence-corrected chi connectivity index (χ1v) is 5.77. The molecular weight excluding hydrogens is 232 g/mol. The molecule has 0 aromatic carbocycles. The van der Waals surface area contributed by atoms with E-state index < -0.39 is 23.2 Å². The normalized spacial score (nSPS) is 24.4. The molecular formula is C13H16N2O3. The van der Waals surface area contributed by atoms with Gasteiger partial charge in [0.15, 0.2) is 0 Å². The molecule has 0 spiro atoms. The Bertz CT molecular complexity index is 484. The third-order valence-corrected chi connectivity index (χ3v) is 3.74. The summed E-state index contributed by atoms with van der Waals surface area (Å²) in [6, 6.07) is 3.45. The first-order chi connectivity index (χ1) is 8.37. The highest BCUT2D eigenvalue weighted by Crippen LogP contribution is 2.59. The average Bonchev–Trinajstić information content (AvgIpc) is 2.92. The standard InChI is InChI=1S/C13H16N2O3/c1-13(2)9(10(13)12(17)18)11(16)15(3)8-4-6-14-7-5-8/h4-7,9-10H,1-3H3,(H,17,18)/t9-,10+/m1/s1. The highest BCUT2D eigenvalue weighted by atomic mass is 16.4. The maximum Gasteiger partial charge on any atom is 0.307 e. The Hall–Kier alpha value is -1.91. The van der Waals surface area contributed by atoms with Gasteiger partial charge in [-0.15, -0.1) is 0 Å². The first-order valence-electron chi connectivity index (χ1n) is 5.77. The van der Waals surface area contributed by atoms with Crippen LogP contribution in [0.4, 0.5) is 5.69 Å². The molecule has 0 bridgehead atoms. The number of rotatable bonds is 3. The minimum absolute atomic E-state index is 0.154. The van der Waals surface area contributed by atoms with Crippen molar-refractivity contribution in [3.05, 3.63) is 24.5 Å². The van der Waals surface area contributed by atoms with Gasteiger partial charge in [0, 0.05) is 25.1 Å². The van der Waals surface area contributed by atoms with Crippen molar-refractivity contribution in [1.82, 2.24) is 4.98 Å². The van der Waals surface area contributed by atoms with Crippen LogP contribution in [-0.4, -0.2) is 29.0 Å². The van der Waals surface area contributed by atoms with Crippen LogP contribution in [0.3, 0.4) is 0 Å². The molecule has 1 aromatic heterocycles. The van der Waals surface area contributed by atoms with Gasteiger partial charge in [0.2, 0.25) is 5.91 Å². The van der Waals surface area contributed by atoms with Gasteiger partial charge >= 0.3 is 5.97 Å². The number of carbonyl (C=O) groups is 2. The highest BCUT2D eigenvalue weighted by Gasteiger charge is 2.66. The van der Waals surface area contributed by atoms with Gasteiger partial charge in [0.25, 0.3) is 0 Å². The molecule has 1 saturated carbocycles. The van der Waals surface area contributed by atoms with Crippen LogP contribution in [0.2, 0.25) is 0 Å². The largest absolute Gasteiger partial charge is 0.481 e. The van der Waals surface area contributed by atoms with E-state index in [2.05, 4.69) is 4.98 Å². The SMILES string of the molecule is CN(C(=O)[C@H]1[C@@H](C(=O)O)C1(C)C)c1ccncc1. The Morgan fingerprint density at radius 3 is 2.28 bits per heavy atom. The summed E-state index contributed by atoms with van der Waals surface area (Å²) in [5.41, 5.74) is 0.256. The van der Waals surface area contributed by atoms with Crippen molar-refractivity contribution in [3.63, 3.8) is 0 Å². The number of pyridine rings is 1. The van der Waals surface area contributed by atoms with Crippen LogP contribution in [0.25, 0.3) is 0 Å². The third kappa shape index (κ3) is 1.85. The lowest BCUT2D eigenvalue weighted by Gasteiger charge is -2.17. The van der Waals surface area contributed by atoms with Crippen molar-refractivity contribution in [2.24, 2.45) is 17.3 Å². The lowest BCUT2D eigenvalue weighted by molar-refractivity contribution is -0.140. The molecule has 1 N–H and O–H groups in total. The molecule has 18 heavy (non-hydrogen) atoms. The van der Waals surface area contributed by atoms with E-state index in [-0.39, 0.29) is 5.91 Å². The van der Waals surface area contributed by atoms with E-state index in [1.807, 2.05) is 13.8 Å². The van der Waals surface area contributed by atoms with Crippen LogP contribution in [0, 0.1) is 17.3 Å². The summed E-state index contributed by atoms with van der Waals surface area (Å²) in [6.07, 6.45) is 3.21. The molecule has 0 unspecified atom stereocenters. The van der Waals surface area contributed by atoms with Gasteiger partial charge in [0.05, 0.1) is 11.8 Å². The van der Waals surface area contributed by atoms with Crippen molar-refractivity contribution in [2.75, 3.05) is 11.9 Å². The molecule has 1 heterocycles. The number of amides is 1. The number of carboxylic acid groups (broad SMARTS) is 1. The monoisotopic (exact) mass is 248 g/mol. The molecule has 1 aromatic rings. The molecule has 2 rings (SSSR count). The van der Waals surface area contributed by atoms with Gasteiger partial charge in [-0.2, -0.15) is 0 Å². The van der Waals surface area contributed by atoms with Crippen LogP contribution in [0.15, 0.2) is 24.5 Å². The van der Waals surface area contributed by atoms with Crippen molar-refractivity contribution >= 4 is 17.6 Å². The third-order valence-electron chi connectivity index (χ3n) is 3.74. The van der Waals surface area contributed by atoms with Crippen LogP contribution in [-0.2, 0) is 9.59 Å². The Morgan fingerprint density at radius 1 is 1.28 bits per heavy atom. The molecule has 96 valence electrons. The summed E-state index contributed by atoms with van der Waals surface area (Å²) >= 11 is 0. The van der Waals surface area contributed by atoms with Crippen molar-refractivity contribution in [1.29, 1.82) is 0 Å². The second-order valence-corrected chi connectivity index (χ2v) is 5.22. The fraction of sp³-hybridized carbons (Fsp3) is 0.462. The van der Waals surface area contributed by atoms with Crippen molar-refractivity contribution in [2.45, 2.75) is 13.8 Å². The molecule has 1 aliphatic carbocycles. The number of aromatic nitrogens is 1. The quantitative estimate of drug-likeness (QED) is 0.877. The molecule has 1 amide bonds. The summed E-state index contributed by atoms with van der Waals surface area (Å²) in [5, 5.41) is 9.08. The van der Waals surface area contributed by atoms with E-state index in [1.165, 1.54) is 4.90 Å². The van der Waals surface area contributed by atoms with Crippen molar-refractivity contribution in [3.8, 4) is 0 Å². The predicted octanol–water partition coefficient (Wildman–Crippen LogP) is 1.40. The second-order valence-electron chi connectivity index (χ2n) is 5.22. The van der Waals surface area contributed by atoms with Gasteiger partial charge in [0.1, 0.15) is 0 Å².